The number of carbonyl (C=O) groups excluding carboxylic acids is 5. The van der Waals surface area contributed by atoms with Gasteiger partial charge in [0.25, 0.3) is 5.91 Å². The fraction of sp³-hybridized carbons (Fsp3) is 0.645. The molecular weight excluding hydrogens is 610 g/mol. The van der Waals surface area contributed by atoms with Gasteiger partial charge < -0.3 is 52.3 Å². The number of fused-ring (bicyclic) bond motifs is 1. The number of esters is 3. The largest absolute Gasteiger partial charge is 0.463 e. The Balaban J connectivity index is 1.97. The summed E-state index contributed by atoms with van der Waals surface area (Å²) < 4.78 is 50.6. The predicted octanol–water partition coefficient (Wildman–Crippen LogP) is 1.62. The Morgan fingerprint density at radius 1 is 0.978 bits per heavy atom. The van der Waals surface area contributed by atoms with Crippen molar-refractivity contribution in [2.24, 2.45) is 0 Å². The fourth-order valence-corrected chi connectivity index (χ4v) is 5.35. The van der Waals surface area contributed by atoms with E-state index in [9.17, 15) is 24.0 Å². The number of methoxy groups -OCH3 is 2. The number of aldehydes is 1. The third-order valence-electron chi connectivity index (χ3n) is 7.40. The molecule has 46 heavy (non-hydrogen) atoms. The molecule has 0 bridgehead atoms. The van der Waals surface area contributed by atoms with Crippen LogP contribution in [0.4, 0.5) is 0 Å². The SMILES string of the molecule is CCCN(Cc1cc2c(cc1C)OCO2)C(=O)[C@@H](OC(C)=O)[C@@H](CC=O)O[C@@H]1O[C@H](COC(C)=O)[C@H](OC)[C@H](OC)[C@H]1OC(C)=O. The monoisotopic (exact) mass is 653 g/mol. The summed E-state index contributed by atoms with van der Waals surface area (Å²) in [4.78, 5) is 63.6. The second-order valence-electron chi connectivity index (χ2n) is 10.8. The van der Waals surface area contributed by atoms with Crippen LogP contribution in [0.1, 0.15) is 51.7 Å². The van der Waals surface area contributed by atoms with Crippen LogP contribution in [-0.2, 0) is 63.7 Å². The molecule has 2 aliphatic heterocycles. The molecule has 1 saturated heterocycles. The maximum atomic E-state index is 14.2. The molecule has 1 aromatic rings. The van der Waals surface area contributed by atoms with E-state index in [0.717, 1.165) is 18.1 Å². The molecule has 15 heteroatoms. The quantitative estimate of drug-likeness (QED) is 0.143. The Labute approximate surface area is 267 Å². The second-order valence-corrected chi connectivity index (χ2v) is 10.8. The minimum Gasteiger partial charge on any atom is -0.463 e. The van der Waals surface area contributed by atoms with Gasteiger partial charge >= 0.3 is 17.9 Å². The molecule has 7 atom stereocenters. The number of hydrogen-bond acceptors (Lipinski definition) is 14. The highest BCUT2D eigenvalue weighted by atomic mass is 16.7. The number of nitrogens with zero attached hydrogens (tertiary/aromatic N) is 1. The minimum absolute atomic E-state index is 0.0867. The summed E-state index contributed by atoms with van der Waals surface area (Å²) >= 11 is 0. The van der Waals surface area contributed by atoms with Crippen LogP contribution in [0.25, 0.3) is 0 Å². The first-order valence-electron chi connectivity index (χ1n) is 14.9. The van der Waals surface area contributed by atoms with Gasteiger partial charge in [0, 0.05) is 54.5 Å². The van der Waals surface area contributed by atoms with E-state index in [4.69, 9.17) is 42.6 Å². The molecule has 1 aromatic carbocycles. The summed E-state index contributed by atoms with van der Waals surface area (Å²) in [6.45, 7) is 7.49. The van der Waals surface area contributed by atoms with Crippen molar-refractivity contribution in [1.82, 2.24) is 4.90 Å². The number of carbonyl (C=O) groups is 5. The Kier molecular flexibility index (Phi) is 13.7. The first-order valence-corrected chi connectivity index (χ1v) is 14.9. The third-order valence-corrected chi connectivity index (χ3v) is 7.40. The van der Waals surface area contributed by atoms with E-state index in [1.807, 2.05) is 19.9 Å². The van der Waals surface area contributed by atoms with Crippen molar-refractivity contribution >= 4 is 30.1 Å². The van der Waals surface area contributed by atoms with Gasteiger partial charge in [-0.2, -0.15) is 0 Å². The number of ether oxygens (including phenoxy) is 9. The Bertz CT molecular complexity index is 1240. The molecule has 0 N–H and O–H groups in total. The van der Waals surface area contributed by atoms with E-state index < -0.39 is 73.1 Å². The van der Waals surface area contributed by atoms with Gasteiger partial charge in [-0.25, -0.2) is 0 Å². The highest BCUT2D eigenvalue weighted by Gasteiger charge is 2.51. The maximum absolute atomic E-state index is 14.2. The zero-order valence-electron chi connectivity index (χ0n) is 27.2. The van der Waals surface area contributed by atoms with Crippen LogP contribution in [0.5, 0.6) is 11.5 Å². The lowest BCUT2D eigenvalue weighted by molar-refractivity contribution is -0.324. The zero-order chi connectivity index (χ0) is 34.0. The van der Waals surface area contributed by atoms with E-state index in [1.165, 1.54) is 33.0 Å². The standard InChI is InChI=1S/C31H43NO14/c1-8-10-32(14-21-13-24-23(12-17(21)2)41-16-42-24)30(37)27(43-19(4)35)22(9-11-33)45-31-29(44-20(5)36)28(39-7)26(38-6)25(46-31)15-40-18(3)34/h11-13,22,25-29,31H,8-10,14-16H2,1-7H3/t22-,25-,26+,27+,28+,29-,31-/m1/s1. The van der Waals surface area contributed by atoms with Crippen LogP contribution in [0.2, 0.25) is 0 Å². The molecule has 0 saturated carbocycles. The van der Waals surface area contributed by atoms with Crippen molar-refractivity contribution in [3.63, 3.8) is 0 Å². The summed E-state index contributed by atoms with van der Waals surface area (Å²) in [5.74, 6) is -1.57. The first-order chi connectivity index (χ1) is 21.9. The minimum atomic E-state index is -1.60. The molecule has 0 radical (unpaired) electrons. The number of rotatable bonds is 16. The molecule has 1 amide bonds. The van der Waals surface area contributed by atoms with Crippen LogP contribution >= 0.6 is 0 Å². The fourth-order valence-electron chi connectivity index (χ4n) is 5.35. The van der Waals surface area contributed by atoms with Crippen molar-refractivity contribution in [2.45, 2.75) is 96.9 Å². The molecule has 3 rings (SSSR count). The van der Waals surface area contributed by atoms with Gasteiger partial charge in [0.2, 0.25) is 12.9 Å². The Morgan fingerprint density at radius 3 is 2.22 bits per heavy atom. The number of benzene rings is 1. The summed E-state index contributed by atoms with van der Waals surface area (Å²) in [6, 6.07) is 3.60. The highest BCUT2D eigenvalue weighted by molar-refractivity contribution is 5.84. The molecule has 0 spiro atoms. The van der Waals surface area contributed by atoms with Gasteiger partial charge in [0.15, 0.2) is 23.9 Å². The molecule has 2 heterocycles. The van der Waals surface area contributed by atoms with E-state index in [-0.39, 0.29) is 26.5 Å². The van der Waals surface area contributed by atoms with Crippen LogP contribution in [0.3, 0.4) is 0 Å². The smallest absolute Gasteiger partial charge is 0.303 e. The molecule has 1 fully saturated rings. The lowest BCUT2D eigenvalue weighted by atomic mass is 9.98. The van der Waals surface area contributed by atoms with E-state index in [1.54, 1.807) is 6.07 Å². The first kappa shape index (κ1) is 36.7. The third kappa shape index (κ3) is 9.37. The average Bonchev–Trinajstić information content (AvgIpc) is 3.45. The number of hydrogen-bond donors (Lipinski definition) is 0. The van der Waals surface area contributed by atoms with Crippen molar-refractivity contribution < 1.29 is 66.6 Å². The van der Waals surface area contributed by atoms with Crippen LogP contribution in [0, 0.1) is 6.92 Å². The summed E-state index contributed by atoms with van der Waals surface area (Å²) in [7, 11) is 2.73. The Morgan fingerprint density at radius 2 is 1.65 bits per heavy atom. The molecule has 0 unspecified atom stereocenters. The van der Waals surface area contributed by atoms with E-state index in [2.05, 4.69) is 0 Å². The summed E-state index contributed by atoms with van der Waals surface area (Å²) in [5.41, 5.74) is 1.62. The summed E-state index contributed by atoms with van der Waals surface area (Å²) in [6.07, 6.45) is -7.88. The zero-order valence-corrected chi connectivity index (χ0v) is 27.2. The molecule has 15 nitrogen and oxygen atoms in total. The van der Waals surface area contributed by atoms with Gasteiger partial charge in [-0.05, 0) is 36.6 Å². The van der Waals surface area contributed by atoms with Crippen LogP contribution in [-0.4, -0.2) is 112 Å². The lowest BCUT2D eigenvalue weighted by Crippen LogP contribution is -2.63. The van der Waals surface area contributed by atoms with Gasteiger partial charge in [-0.3, -0.25) is 19.2 Å². The molecule has 0 aliphatic carbocycles. The second kappa shape index (κ2) is 17.2. The number of aryl methyl sites for hydroxylation is 1. The lowest BCUT2D eigenvalue weighted by Gasteiger charge is -2.45. The Hall–Kier alpha value is -3.79. The molecule has 2 aliphatic rings. The van der Waals surface area contributed by atoms with Gasteiger partial charge in [0.05, 0.1) is 0 Å². The molecular formula is C31H43NO14. The van der Waals surface area contributed by atoms with E-state index >= 15 is 0 Å². The summed E-state index contributed by atoms with van der Waals surface area (Å²) in [5, 5.41) is 0. The van der Waals surface area contributed by atoms with Crippen molar-refractivity contribution in [3.05, 3.63) is 23.3 Å². The van der Waals surface area contributed by atoms with Gasteiger partial charge in [0.1, 0.15) is 37.3 Å². The maximum Gasteiger partial charge on any atom is 0.303 e. The van der Waals surface area contributed by atoms with Crippen molar-refractivity contribution in [2.75, 3.05) is 34.2 Å². The van der Waals surface area contributed by atoms with E-state index in [0.29, 0.717) is 24.2 Å². The van der Waals surface area contributed by atoms with Crippen LogP contribution in [0.15, 0.2) is 12.1 Å². The van der Waals surface area contributed by atoms with Gasteiger partial charge in [-0.15, -0.1) is 0 Å². The molecule has 0 aromatic heterocycles. The van der Waals surface area contributed by atoms with Gasteiger partial charge in [-0.1, -0.05) is 6.92 Å². The highest BCUT2D eigenvalue weighted by Crippen LogP contribution is 2.35. The predicted molar refractivity (Wildman–Crippen MR) is 157 cm³/mol. The van der Waals surface area contributed by atoms with Crippen LogP contribution < -0.4 is 9.47 Å². The average molecular weight is 654 g/mol. The van der Waals surface area contributed by atoms with Crippen molar-refractivity contribution in [3.8, 4) is 11.5 Å². The normalized spacial score (nSPS) is 23.2. The topological polar surface area (TPSA) is 172 Å². The van der Waals surface area contributed by atoms with Crippen molar-refractivity contribution in [1.29, 1.82) is 0 Å². The number of amides is 1. The molecule has 256 valence electrons.